The van der Waals surface area contributed by atoms with Gasteiger partial charge >= 0.3 is 0 Å². The van der Waals surface area contributed by atoms with Crippen LogP contribution in [0.1, 0.15) is 11.1 Å². The molecule has 5 rings (SSSR count). The number of nitrogens with zero attached hydrogens (tertiary/aromatic N) is 4. The zero-order chi connectivity index (χ0) is 15.2. The fourth-order valence-corrected chi connectivity index (χ4v) is 3.81. The van der Waals surface area contributed by atoms with E-state index in [9.17, 15) is 0 Å². The lowest BCUT2D eigenvalue weighted by molar-refractivity contribution is 0.171. The van der Waals surface area contributed by atoms with Crippen LogP contribution in [0.3, 0.4) is 0 Å². The van der Waals surface area contributed by atoms with Gasteiger partial charge in [-0.05, 0) is 29.7 Å². The summed E-state index contributed by atoms with van der Waals surface area (Å²) in [5.74, 6) is 2.63. The molecular weight excluding hydrogens is 312 g/mol. The molecular formula is C16H14N4O2S. The predicted molar refractivity (Wildman–Crippen MR) is 87.4 cm³/mol. The molecule has 0 unspecified atom stereocenters. The second-order valence-electron chi connectivity index (χ2n) is 5.64. The summed E-state index contributed by atoms with van der Waals surface area (Å²) < 4.78 is 11.4. The molecule has 0 atom stereocenters. The van der Waals surface area contributed by atoms with Crippen molar-refractivity contribution in [2.75, 3.05) is 24.7 Å². The van der Waals surface area contributed by atoms with Gasteiger partial charge in [0.1, 0.15) is 29.9 Å². The summed E-state index contributed by atoms with van der Waals surface area (Å²) in [4.78, 5) is 16.4. The standard InChI is InChI=1S/C16H14N4O2S/c1-2-20(15-14-16(18-8-17-15)23-9-19-14)7-11-6-13-12(5-10(1)11)21-3-4-22-13/h5-6,8-9H,1-4,7H2. The van der Waals surface area contributed by atoms with Crippen molar-refractivity contribution in [2.24, 2.45) is 0 Å². The monoisotopic (exact) mass is 326 g/mol. The first-order chi connectivity index (χ1) is 11.4. The molecule has 3 aromatic rings. The smallest absolute Gasteiger partial charge is 0.161 e. The maximum absolute atomic E-state index is 5.71. The van der Waals surface area contributed by atoms with E-state index in [0.29, 0.717) is 13.2 Å². The van der Waals surface area contributed by atoms with Crippen molar-refractivity contribution in [3.05, 3.63) is 35.1 Å². The van der Waals surface area contributed by atoms with Crippen molar-refractivity contribution in [3.8, 4) is 11.5 Å². The molecule has 0 saturated carbocycles. The van der Waals surface area contributed by atoms with Crippen molar-refractivity contribution >= 4 is 27.5 Å². The molecule has 0 radical (unpaired) electrons. The molecule has 2 aromatic heterocycles. The number of fused-ring (bicyclic) bond motifs is 3. The van der Waals surface area contributed by atoms with Gasteiger partial charge in [-0.15, -0.1) is 11.3 Å². The molecule has 1 aromatic carbocycles. The summed E-state index contributed by atoms with van der Waals surface area (Å²) in [5.41, 5.74) is 5.30. The van der Waals surface area contributed by atoms with Crippen LogP contribution in [-0.2, 0) is 13.0 Å². The average Bonchev–Trinajstić information content (AvgIpc) is 3.08. The largest absolute Gasteiger partial charge is 0.486 e. The lowest BCUT2D eigenvalue weighted by Gasteiger charge is -2.31. The van der Waals surface area contributed by atoms with Crippen LogP contribution in [0.2, 0.25) is 0 Å². The summed E-state index contributed by atoms with van der Waals surface area (Å²) in [6.07, 6.45) is 2.58. The fraction of sp³-hybridized carbons (Fsp3) is 0.312. The highest BCUT2D eigenvalue weighted by Gasteiger charge is 2.23. The van der Waals surface area contributed by atoms with E-state index >= 15 is 0 Å². The third-order valence-electron chi connectivity index (χ3n) is 4.29. The lowest BCUT2D eigenvalue weighted by Crippen LogP contribution is -2.31. The molecule has 0 saturated heterocycles. The molecule has 116 valence electrons. The Morgan fingerprint density at radius 2 is 1.83 bits per heavy atom. The average molecular weight is 326 g/mol. The van der Waals surface area contributed by atoms with Gasteiger partial charge in [0, 0.05) is 13.1 Å². The molecule has 23 heavy (non-hydrogen) atoms. The number of hydrogen-bond donors (Lipinski definition) is 0. The second kappa shape index (κ2) is 5.06. The number of benzene rings is 1. The Morgan fingerprint density at radius 1 is 1.00 bits per heavy atom. The zero-order valence-electron chi connectivity index (χ0n) is 12.4. The summed E-state index contributed by atoms with van der Waals surface area (Å²) >= 11 is 1.54. The van der Waals surface area contributed by atoms with E-state index in [1.165, 1.54) is 11.1 Å². The second-order valence-corrected chi connectivity index (χ2v) is 6.47. The number of aromatic nitrogens is 3. The van der Waals surface area contributed by atoms with Gasteiger partial charge < -0.3 is 14.4 Å². The molecule has 4 heterocycles. The Hall–Kier alpha value is -2.41. The third kappa shape index (κ3) is 2.11. The fourth-order valence-electron chi connectivity index (χ4n) is 3.19. The molecule has 0 N–H and O–H groups in total. The van der Waals surface area contributed by atoms with Gasteiger partial charge in [0.05, 0.1) is 5.51 Å². The van der Waals surface area contributed by atoms with Crippen LogP contribution in [0.4, 0.5) is 5.82 Å². The van der Waals surface area contributed by atoms with E-state index in [0.717, 1.165) is 47.2 Å². The highest BCUT2D eigenvalue weighted by atomic mass is 32.1. The number of rotatable bonds is 1. The summed E-state index contributed by atoms with van der Waals surface area (Å²) in [5, 5.41) is 0. The zero-order valence-corrected chi connectivity index (χ0v) is 13.2. The first-order valence-electron chi connectivity index (χ1n) is 7.59. The Morgan fingerprint density at radius 3 is 2.70 bits per heavy atom. The minimum absolute atomic E-state index is 0.612. The number of ether oxygens (including phenoxy) is 2. The van der Waals surface area contributed by atoms with Crippen molar-refractivity contribution in [1.29, 1.82) is 0 Å². The quantitative estimate of drug-likeness (QED) is 0.684. The molecule has 0 bridgehead atoms. The van der Waals surface area contributed by atoms with Crippen LogP contribution in [0.15, 0.2) is 24.0 Å². The first kappa shape index (κ1) is 13.1. The predicted octanol–water partition coefficient (Wildman–Crippen LogP) is 2.42. The van der Waals surface area contributed by atoms with E-state index in [2.05, 4.69) is 32.0 Å². The molecule has 0 fully saturated rings. The van der Waals surface area contributed by atoms with Gasteiger partial charge in [0.25, 0.3) is 0 Å². The van der Waals surface area contributed by atoms with Crippen LogP contribution in [0, 0.1) is 0 Å². The molecule has 2 aliphatic rings. The maximum atomic E-state index is 5.71. The maximum Gasteiger partial charge on any atom is 0.161 e. The summed E-state index contributed by atoms with van der Waals surface area (Å²) in [6.45, 7) is 2.95. The van der Waals surface area contributed by atoms with Gasteiger partial charge in [-0.2, -0.15) is 0 Å². The Balaban J connectivity index is 1.53. The van der Waals surface area contributed by atoms with E-state index < -0.39 is 0 Å². The van der Waals surface area contributed by atoms with Crippen LogP contribution >= 0.6 is 11.3 Å². The first-order valence-corrected chi connectivity index (χ1v) is 8.47. The van der Waals surface area contributed by atoms with Gasteiger partial charge in [0.15, 0.2) is 17.3 Å². The van der Waals surface area contributed by atoms with E-state index in [1.807, 2.05) is 5.51 Å². The number of hydrogen-bond acceptors (Lipinski definition) is 7. The highest BCUT2D eigenvalue weighted by molar-refractivity contribution is 7.16. The van der Waals surface area contributed by atoms with Crippen LogP contribution in [0.25, 0.3) is 10.3 Å². The van der Waals surface area contributed by atoms with E-state index in [4.69, 9.17) is 9.47 Å². The van der Waals surface area contributed by atoms with Gasteiger partial charge in [0.2, 0.25) is 0 Å². The van der Waals surface area contributed by atoms with Crippen LogP contribution in [0.5, 0.6) is 11.5 Å². The van der Waals surface area contributed by atoms with Crippen molar-refractivity contribution < 1.29 is 9.47 Å². The third-order valence-corrected chi connectivity index (χ3v) is 5.02. The summed E-state index contributed by atoms with van der Waals surface area (Å²) in [7, 11) is 0. The van der Waals surface area contributed by atoms with Crippen molar-refractivity contribution in [1.82, 2.24) is 15.0 Å². The van der Waals surface area contributed by atoms with E-state index in [1.54, 1.807) is 17.7 Å². The normalized spacial score (nSPS) is 16.4. The number of thiazole rings is 1. The summed E-state index contributed by atoms with van der Waals surface area (Å²) in [6, 6.07) is 4.23. The minimum Gasteiger partial charge on any atom is -0.486 e. The molecule has 7 heteroatoms. The highest BCUT2D eigenvalue weighted by Crippen LogP contribution is 2.36. The molecule has 0 aliphatic carbocycles. The van der Waals surface area contributed by atoms with E-state index in [-0.39, 0.29) is 0 Å². The lowest BCUT2D eigenvalue weighted by atomic mass is 9.98. The Labute approximate surface area is 136 Å². The topological polar surface area (TPSA) is 60.4 Å². The number of anilines is 1. The van der Waals surface area contributed by atoms with Gasteiger partial charge in [-0.3, -0.25) is 0 Å². The van der Waals surface area contributed by atoms with Gasteiger partial charge in [-0.25, -0.2) is 15.0 Å². The molecule has 0 spiro atoms. The van der Waals surface area contributed by atoms with Crippen LogP contribution < -0.4 is 14.4 Å². The van der Waals surface area contributed by atoms with Crippen LogP contribution in [-0.4, -0.2) is 34.7 Å². The van der Waals surface area contributed by atoms with Gasteiger partial charge in [-0.1, -0.05) is 0 Å². The minimum atomic E-state index is 0.612. The SMILES string of the molecule is c1nc(N2CCc3cc4c(cc3C2)OCCO4)c2ncsc2n1. The molecule has 0 amide bonds. The Kier molecular flexibility index (Phi) is 2.87. The van der Waals surface area contributed by atoms with Crippen molar-refractivity contribution in [3.63, 3.8) is 0 Å². The molecule has 6 nitrogen and oxygen atoms in total. The molecule has 2 aliphatic heterocycles. The Bertz CT molecular complexity index is 895. The van der Waals surface area contributed by atoms with Crippen molar-refractivity contribution in [2.45, 2.75) is 13.0 Å².